The lowest BCUT2D eigenvalue weighted by Crippen LogP contribution is -2.44. The molecule has 1 aliphatic rings. The molecular weight excluding hydrogens is 386 g/mol. The fraction of sp³-hybridized carbons (Fsp3) is 0.476. The molecule has 2 aromatic rings. The predicted molar refractivity (Wildman–Crippen MR) is 120 cm³/mol. The van der Waals surface area contributed by atoms with Gasteiger partial charge in [-0.15, -0.1) is 0 Å². The van der Waals surface area contributed by atoms with Gasteiger partial charge in [0.15, 0.2) is 5.96 Å². The van der Waals surface area contributed by atoms with Crippen LogP contribution in [0.15, 0.2) is 41.7 Å². The summed E-state index contributed by atoms with van der Waals surface area (Å²) in [5.74, 6) is 1.85. The van der Waals surface area contributed by atoms with Crippen LogP contribution in [0, 0.1) is 0 Å². The van der Waals surface area contributed by atoms with Crippen molar-refractivity contribution in [3.63, 3.8) is 0 Å². The van der Waals surface area contributed by atoms with E-state index in [4.69, 9.17) is 11.6 Å². The van der Waals surface area contributed by atoms with E-state index >= 15 is 0 Å². The maximum absolute atomic E-state index is 5.83. The molecule has 0 aromatic carbocycles. The van der Waals surface area contributed by atoms with Gasteiger partial charge in [-0.2, -0.15) is 0 Å². The third-order valence-corrected chi connectivity index (χ3v) is 5.12. The number of rotatable bonds is 7. The zero-order chi connectivity index (χ0) is 20.5. The van der Waals surface area contributed by atoms with Gasteiger partial charge < -0.3 is 20.4 Å². The number of aromatic nitrogens is 2. The fourth-order valence-corrected chi connectivity index (χ4v) is 3.24. The number of aliphatic imine (C=N–C) groups is 1. The van der Waals surface area contributed by atoms with Crippen molar-refractivity contribution in [3.8, 4) is 0 Å². The molecule has 3 heterocycles. The van der Waals surface area contributed by atoms with Crippen LogP contribution in [0.1, 0.15) is 18.1 Å². The highest BCUT2D eigenvalue weighted by atomic mass is 35.5. The number of nitrogens with one attached hydrogen (secondary N) is 2. The minimum absolute atomic E-state index is 0.517. The molecule has 7 nitrogen and oxygen atoms in total. The van der Waals surface area contributed by atoms with Crippen LogP contribution >= 0.6 is 11.6 Å². The summed E-state index contributed by atoms with van der Waals surface area (Å²) in [6, 6.07) is 8.03. The van der Waals surface area contributed by atoms with Crippen LogP contribution in [0.4, 0.5) is 5.82 Å². The van der Waals surface area contributed by atoms with E-state index in [9.17, 15) is 0 Å². The molecule has 0 saturated carbocycles. The zero-order valence-electron chi connectivity index (χ0n) is 17.2. The van der Waals surface area contributed by atoms with Crippen LogP contribution in [0.25, 0.3) is 0 Å². The van der Waals surface area contributed by atoms with Gasteiger partial charge in [-0.05, 0) is 43.7 Å². The molecular formula is C21H30ClN7. The number of pyridine rings is 2. The van der Waals surface area contributed by atoms with Crippen LogP contribution in [0.3, 0.4) is 0 Å². The molecule has 1 fully saturated rings. The molecule has 0 atom stereocenters. The maximum atomic E-state index is 5.83. The Hall–Kier alpha value is -2.38. The van der Waals surface area contributed by atoms with E-state index < -0.39 is 0 Å². The van der Waals surface area contributed by atoms with Gasteiger partial charge in [0.2, 0.25) is 0 Å². The van der Waals surface area contributed by atoms with Crippen LogP contribution < -0.4 is 15.5 Å². The Bertz CT molecular complexity index is 769. The van der Waals surface area contributed by atoms with Gasteiger partial charge in [0.05, 0.1) is 6.54 Å². The van der Waals surface area contributed by atoms with Gasteiger partial charge in [0.1, 0.15) is 11.0 Å². The number of piperazine rings is 1. The Morgan fingerprint density at radius 1 is 1.03 bits per heavy atom. The number of hydrogen-bond donors (Lipinski definition) is 2. The third-order valence-electron chi connectivity index (χ3n) is 4.90. The van der Waals surface area contributed by atoms with Gasteiger partial charge >= 0.3 is 0 Å². The highest BCUT2D eigenvalue weighted by Gasteiger charge is 2.14. The second-order valence-corrected chi connectivity index (χ2v) is 7.56. The number of guanidine groups is 1. The molecule has 1 saturated heterocycles. The number of likely N-dealkylation sites (N-methyl/N-ethyl adjacent to an activating group) is 1. The van der Waals surface area contributed by atoms with Crippen molar-refractivity contribution >= 4 is 23.4 Å². The molecule has 2 aromatic heterocycles. The largest absolute Gasteiger partial charge is 0.357 e. The molecule has 2 N–H and O–H groups in total. The zero-order valence-corrected chi connectivity index (χ0v) is 18.0. The average Bonchev–Trinajstić information content (AvgIpc) is 2.74. The quantitative estimate of drug-likeness (QED) is 0.410. The molecule has 0 spiro atoms. The molecule has 0 bridgehead atoms. The van der Waals surface area contributed by atoms with Gasteiger partial charge in [-0.1, -0.05) is 23.7 Å². The third kappa shape index (κ3) is 6.87. The number of halogens is 1. The first-order valence-corrected chi connectivity index (χ1v) is 10.5. The van der Waals surface area contributed by atoms with Gasteiger partial charge in [0, 0.05) is 51.7 Å². The molecule has 0 aliphatic carbocycles. The van der Waals surface area contributed by atoms with Crippen LogP contribution in [-0.4, -0.2) is 67.1 Å². The van der Waals surface area contributed by atoms with Crippen LogP contribution in [0.5, 0.6) is 0 Å². The van der Waals surface area contributed by atoms with Gasteiger partial charge in [0.25, 0.3) is 0 Å². The summed E-state index contributed by atoms with van der Waals surface area (Å²) in [5.41, 5.74) is 2.24. The summed E-state index contributed by atoms with van der Waals surface area (Å²) in [6.07, 6.45) is 4.59. The number of nitrogens with zero attached hydrogens (tertiary/aromatic N) is 5. The Kier molecular flexibility index (Phi) is 8.07. The summed E-state index contributed by atoms with van der Waals surface area (Å²) in [5, 5.41) is 7.17. The van der Waals surface area contributed by atoms with Gasteiger partial charge in [-0.25, -0.2) is 15.0 Å². The van der Waals surface area contributed by atoms with E-state index in [2.05, 4.69) is 61.5 Å². The first-order chi connectivity index (χ1) is 14.1. The molecule has 0 unspecified atom stereocenters. The van der Waals surface area contributed by atoms with E-state index in [0.29, 0.717) is 11.7 Å². The van der Waals surface area contributed by atoms with Crippen LogP contribution in [-0.2, 0) is 13.0 Å². The van der Waals surface area contributed by atoms with E-state index in [0.717, 1.165) is 68.6 Å². The first-order valence-electron chi connectivity index (χ1n) is 10.1. The smallest absolute Gasteiger partial charge is 0.191 e. The van der Waals surface area contributed by atoms with Crippen LogP contribution in [0.2, 0.25) is 5.15 Å². The number of anilines is 1. The Morgan fingerprint density at radius 2 is 1.79 bits per heavy atom. The monoisotopic (exact) mass is 415 g/mol. The topological polar surface area (TPSA) is 68.7 Å². The van der Waals surface area contributed by atoms with Gasteiger partial charge in [-0.3, -0.25) is 0 Å². The van der Waals surface area contributed by atoms with E-state index in [-0.39, 0.29) is 0 Å². The fourth-order valence-electron chi connectivity index (χ4n) is 3.12. The highest BCUT2D eigenvalue weighted by molar-refractivity contribution is 6.29. The van der Waals surface area contributed by atoms with Crippen molar-refractivity contribution in [1.82, 2.24) is 25.5 Å². The summed E-state index contributed by atoms with van der Waals surface area (Å²) in [4.78, 5) is 18.1. The van der Waals surface area contributed by atoms with E-state index in [1.807, 2.05) is 24.5 Å². The summed E-state index contributed by atoms with van der Waals surface area (Å²) in [7, 11) is 2.16. The lowest BCUT2D eigenvalue weighted by Gasteiger charge is -2.33. The van der Waals surface area contributed by atoms with E-state index in [1.165, 1.54) is 0 Å². The van der Waals surface area contributed by atoms with Crippen molar-refractivity contribution in [3.05, 3.63) is 52.9 Å². The Labute approximate surface area is 178 Å². The molecule has 3 rings (SSSR count). The maximum Gasteiger partial charge on any atom is 0.191 e. The average molecular weight is 416 g/mol. The van der Waals surface area contributed by atoms with Crippen molar-refractivity contribution in [2.24, 2.45) is 4.99 Å². The SMILES string of the molecule is CCNC(=NCc1ccc(N2CCN(C)CC2)nc1)NCCc1ccc(Cl)nc1. The second kappa shape index (κ2) is 11.0. The predicted octanol–water partition coefficient (Wildman–Crippen LogP) is 2.18. The summed E-state index contributed by atoms with van der Waals surface area (Å²) >= 11 is 5.83. The molecule has 29 heavy (non-hydrogen) atoms. The minimum Gasteiger partial charge on any atom is -0.357 e. The number of hydrogen-bond acceptors (Lipinski definition) is 5. The van der Waals surface area contributed by atoms with E-state index in [1.54, 1.807) is 0 Å². The summed E-state index contributed by atoms with van der Waals surface area (Å²) in [6.45, 7) is 8.46. The van der Waals surface area contributed by atoms with Crippen molar-refractivity contribution < 1.29 is 0 Å². The second-order valence-electron chi connectivity index (χ2n) is 7.18. The Morgan fingerprint density at radius 3 is 2.45 bits per heavy atom. The molecule has 0 amide bonds. The van der Waals surface area contributed by atoms with Crippen molar-refractivity contribution in [1.29, 1.82) is 0 Å². The lowest BCUT2D eigenvalue weighted by atomic mass is 10.2. The standard InChI is InChI=1S/C21H30ClN7/c1-3-23-21(24-9-8-17-4-6-19(22)25-14-17)27-16-18-5-7-20(26-15-18)29-12-10-28(2)11-13-29/h4-7,14-15H,3,8-13,16H2,1-2H3,(H2,23,24,27). The van der Waals surface area contributed by atoms with Crippen molar-refractivity contribution in [2.45, 2.75) is 19.9 Å². The minimum atomic E-state index is 0.517. The first kappa shape index (κ1) is 21.3. The molecule has 156 valence electrons. The molecule has 1 aliphatic heterocycles. The highest BCUT2D eigenvalue weighted by Crippen LogP contribution is 2.14. The van der Waals surface area contributed by atoms with Crippen molar-refractivity contribution in [2.75, 3.05) is 51.2 Å². The lowest BCUT2D eigenvalue weighted by molar-refractivity contribution is 0.312. The molecule has 8 heteroatoms. The molecule has 0 radical (unpaired) electrons. The normalized spacial score (nSPS) is 15.4. The summed E-state index contributed by atoms with van der Waals surface area (Å²) < 4.78 is 0. The Balaban J connectivity index is 1.50.